The van der Waals surface area contributed by atoms with E-state index >= 15 is 0 Å². The maximum absolute atomic E-state index is 5.71. The SMILES string of the molecule is CC1CCN(c2cc[n+](CCCl)cc2)CC1.[Br-]. The predicted molar refractivity (Wildman–Crippen MR) is 68.0 cm³/mol. The molecule has 0 aliphatic carbocycles. The van der Waals surface area contributed by atoms with Crippen LogP contribution in [0.1, 0.15) is 19.8 Å². The number of pyridine rings is 1. The molecule has 4 heteroatoms. The van der Waals surface area contributed by atoms with E-state index in [1.54, 1.807) is 0 Å². The van der Waals surface area contributed by atoms with E-state index in [1.165, 1.54) is 31.6 Å². The number of rotatable bonds is 3. The summed E-state index contributed by atoms with van der Waals surface area (Å²) in [5, 5.41) is 0. The highest BCUT2D eigenvalue weighted by molar-refractivity contribution is 6.17. The van der Waals surface area contributed by atoms with Crippen LogP contribution in [0.3, 0.4) is 0 Å². The van der Waals surface area contributed by atoms with Crippen molar-refractivity contribution in [2.75, 3.05) is 23.9 Å². The molecular formula is C13H20BrClN2. The Labute approximate surface area is 119 Å². The van der Waals surface area contributed by atoms with Gasteiger partial charge in [0.1, 0.15) is 0 Å². The number of nitrogens with zero attached hydrogens (tertiary/aromatic N) is 2. The quantitative estimate of drug-likeness (QED) is 0.536. The molecule has 96 valence electrons. The van der Waals surface area contributed by atoms with Gasteiger partial charge >= 0.3 is 0 Å². The van der Waals surface area contributed by atoms with Crippen LogP contribution in [0.5, 0.6) is 0 Å². The van der Waals surface area contributed by atoms with Crippen molar-refractivity contribution >= 4 is 17.3 Å². The molecule has 0 radical (unpaired) electrons. The number of aryl methyl sites for hydroxylation is 1. The summed E-state index contributed by atoms with van der Waals surface area (Å²) in [6.45, 7) is 5.62. The van der Waals surface area contributed by atoms with Gasteiger partial charge in [-0.1, -0.05) is 6.92 Å². The lowest BCUT2D eigenvalue weighted by Gasteiger charge is -2.31. The average molecular weight is 320 g/mol. The van der Waals surface area contributed by atoms with Gasteiger partial charge in [-0.25, -0.2) is 4.57 Å². The van der Waals surface area contributed by atoms with Crippen LogP contribution in [0.2, 0.25) is 0 Å². The number of hydrogen-bond donors (Lipinski definition) is 0. The van der Waals surface area contributed by atoms with Gasteiger partial charge < -0.3 is 21.9 Å². The van der Waals surface area contributed by atoms with E-state index < -0.39 is 0 Å². The number of alkyl halides is 1. The van der Waals surface area contributed by atoms with E-state index in [1.807, 2.05) is 0 Å². The summed E-state index contributed by atoms with van der Waals surface area (Å²) in [7, 11) is 0. The summed E-state index contributed by atoms with van der Waals surface area (Å²) in [4.78, 5) is 2.48. The largest absolute Gasteiger partial charge is 1.00 e. The zero-order chi connectivity index (χ0) is 11.4. The molecule has 2 nitrogen and oxygen atoms in total. The summed E-state index contributed by atoms with van der Waals surface area (Å²) >= 11 is 5.71. The maximum Gasteiger partial charge on any atom is 0.170 e. The topological polar surface area (TPSA) is 7.12 Å². The molecule has 0 unspecified atom stereocenters. The van der Waals surface area contributed by atoms with Crippen molar-refractivity contribution in [3.05, 3.63) is 24.5 Å². The van der Waals surface area contributed by atoms with Crippen LogP contribution < -0.4 is 26.4 Å². The highest BCUT2D eigenvalue weighted by Gasteiger charge is 2.16. The van der Waals surface area contributed by atoms with Crippen LogP contribution >= 0.6 is 11.6 Å². The molecule has 1 aliphatic rings. The standard InChI is InChI=1S/C13H20ClN2.BrH/c1-12-2-9-16(10-3-12)13-4-7-15(8-5-13)11-6-14;/h4-5,7-8,12H,2-3,6,9-11H2,1H3;1H/q+1;/p-1. The lowest BCUT2D eigenvalue weighted by atomic mass is 9.99. The molecule has 2 heterocycles. The fraction of sp³-hybridized carbons (Fsp3) is 0.615. The van der Waals surface area contributed by atoms with Crippen LogP contribution in [-0.2, 0) is 6.54 Å². The first-order valence-corrected chi connectivity index (χ1v) is 6.63. The van der Waals surface area contributed by atoms with E-state index in [-0.39, 0.29) is 17.0 Å². The van der Waals surface area contributed by atoms with Gasteiger partial charge in [-0.05, 0) is 18.8 Å². The molecule has 17 heavy (non-hydrogen) atoms. The van der Waals surface area contributed by atoms with Crippen molar-refractivity contribution in [3.63, 3.8) is 0 Å². The van der Waals surface area contributed by atoms with Gasteiger partial charge in [-0.3, -0.25) is 0 Å². The van der Waals surface area contributed by atoms with Crippen molar-refractivity contribution in [2.24, 2.45) is 5.92 Å². The number of anilines is 1. The number of aromatic nitrogens is 1. The minimum Gasteiger partial charge on any atom is -1.00 e. The third-order valence-electron chi connectivity index (χ3n) is 3.37. The van der Waals surface area contributed by atoms with Crippen LogP contribution in [0.4, 0.5) is 5.69 Å². The summed E-state index contributed by atoms with van der Waals surface area (Å²) in [5.74, 6) is 1.56. The predicted octanol–water partition coefficient (Wildman–Crippen LogP) is -0.547. The average Bonchev–Trinajstić information content (AvgIpc) is 2.32. The van der Waals surface area contributed by atoms with Crippen LogP contribution in [0, 0.1) is 5.92 Å². The molecule has 0 N–H and O–H groups in total. The van der Waals surface area contributed by atoms with Gasteiger partial charge in [0.15, 0.2) is 18.9 Å². The smallest absolute Gasteiger partial charge is 0.170 e. The Morgan fingerprint density at radius 2 is 1.88 bits per heavy atom. The zero-order valence-electron chi connectivity index (χ0n) is 10.3. The second-order valence-corrected chi connectivity index (χ2v) is 5.03. The zero-order valence-corrected chi connectivity index (χ0v) is 12.6. The summed E-state index contributed by atoms with van der Waals surface area (Å²) < 4.78 is 2.13. The molecule has 0 atom stereocenters. The summed E-state index contributed by atoms with van der Waals surface area (Å²) in [5.41, 5.74) is 1.35. The van der Waals surface area contributed by atoms with E-state index in [2.05, 4.69) is 40.9 Å². The Balaban J connectivity index is 0.00000144. The molecule has 0 saturated carbocycles. The highest BCUT2D eigenvalue weighted by atomic mass is 79.9. The molecular weight excluding hydrogens is 300 g/mol. The number of piperidine rings is 1. The molecule has 0 amide bonds. The van der Waals surface area contributed by atoms with Gasteiger partial charge in [0.25, 0.3) is 0 Å². The minimum atomic E-state index is 0. The van der Waals surface area contributed by atoms with Crippen molar-refractivity contribution in [1.82, 2.24) is 0 Å². The third kappa shape index (κ3) is 4.14. The van der Waals surface area contributed by atoms with Crippen molar-refractivity contribution < 1.29 is 21.5 Å². The Morgan fingerprint density at radius 3 is 2.41 bits per heavy atom. The second kappa shape index (κ2) is 7.22. The van der Waals surface area contributed by atoms with E-state index in [9.17, 15) is 0 Å². The third-order valence-corrected chi connectivity index (χ3v) is 3.53. The fourth-order valence-electron chi connectivity index (χ4n) is 2.17. The highest BCUT2D eigenvalue weighted by Crippen LogP contribution is 2.21. The monoisotopic (exact) mass is 318 g/mol. The Kier molecular flexibility index (Phi) is 6.28. The van der Waals surface area contributed by atoms with Crippen LogP contribution in [0.15, 0.2) is 24.5 Å². The van der Waals surface area contributed by atoms with E-state index in [4.69, 9.17) is 11.6 Å². The second-order valence-electron chi connectivity index (χ2n) is 4.65. The molecule has 1 saturated heterocycles. The Hall–Kier alpha value is -0.280. The lowest BCUT2D eigenvalue weighted by molar-refractivity contribution is -0.692. The van der Waals surface area contributed by atoms with Gasteiger partial charge in [-0.2, -0.15) is 0 Å². The fourth-order valence-corrected chi connectivity index (χ4v) is 2.37. The lowest BCUT2D eigenvalue weighted by Crippen LogP contribution is -3.00. The van der Waals surface area contributed by atoms with Gasteiger partial charge in [0.05, 0.1) is 5.88 Å². The Morgan fingerprint density at radius 1 is 1.29 bits per heavy atom. The summed E-state index contributed by atoms with van der Waals surface area (Å²) in [6.07, 6.45) is 6.87. The summed E-state index contributed by atoms with van der Waals surface area (Å²) in [6, 6.07) is 4.39. The molecule has 1 fully saturated rings. The first-order valence-electron chi connectivity index (χ1n) is 6.09. The first kappa shape index (κ1) is 14.8. The van der Waals surface area contributed by atoms with Crippen molar-refractivity contribution in [1.29, 1.82) is 0 Å². The number of hydrogen-bond acceptors (Lipinski definition) is 1. The van der Waals surface area contributed by atoms with E-state index in [0.717, 1.165) is 12.5 Å². The van der Waals surface area contributed by atoms with Crippen molar-refractivity contribution in [2.45, 2.75) is 26.3 Å². The van der Waals surface area contributed by atoms with Gasteiger partial charge in [-0.15, -0.1) is 11.6 Å². The van der Waals surface area contributed by atoms with Crippen LogP contribution in [0.25, 0.3) is 0 Å². The molecule has 0 bridgehead atoms. The first-order chi connectivity index (χ1) is 7.79. The minimum absolute atomic E-state index is 0. The van der Waals surface area contributed by atoms with Crippen LogP contribution in [-0.4, -0.2) is 19.0 Å². The maximum atomic E-state index is 5.71. The Bertz CT molecular complexity index is 321. The van der Waals surface area contributed by atoms with Gasteiger partial charge in [0, 0.05) is 30.9 Å². The van der Waals surface area contributed by atoms with Crippen molar-refractivity contribution in [3.8, 4) is 0 Å². The molecule has 1 aliphatic heterocycles. The molecule has 2 rings (SSSR count). The normalized spacial score (nSPS) is 16.7. The van der Waals surface area contributed by atoms with E-state index in [0.29, 0.717) is 5.88 Å². The molecule has 1 aromatic rings. The molecule has 0 spiro atoms. The molecule has 1 aromatic heterocycles. The van der Waals surface area contributed by atoms with Gasteiger partial charge in [0.2, 0.25) is 0 Å². The molecule has 0 aromatic carbocycles. The number of halogens is 2.